The molecule has 2 saturated heterocycles. The molecule has 0 bridgehead atoms. The van der Waals surface area contributed by atoms with Crippen molar-refractivity contribution in [1.29, 1.82) is 0 Å². The first-order valence-electron chi connectivity index (χ1n) is 9.69. The highest BCUT2D eigenvalue weighted by Crippen LogP contribution is 2.41. The van der Waals surface area contributed by atoms with Crippen molar-refractivity contribution in [2.24, 2.45) is 0 Å². The average molecular weight is 508 g/mol. The van der Waals surface area contributed by atoms with Crippen molar-refractivity contribution in [2.75, 3.05) is 42.7 Å². The first-order valence-corrected chi connectivity index (χ1v) is 11.3. The Hall–Kier alpha value is -2.63. The molecule has 1 N–H and O–H groups in total. The second-order valence-electron chi connectivity index (χ2n) is 7.23. The van der Waals surface area contributed by atoms with Gasteiger partial charge in [0.2, 0.25) is 0 Å². The zero-order chi connectivity index (χ0) is 21.5. The van der Waals surface area contributed by atoms with E-state index in [1.54, 1.807) is 34.1 Å². The summed E-state index contributed by atoms with van der Waals surface area (Å²) in [6, 6.07) is 8.47. The number of thiophene rings is 1. The zero-order valence-electron chi connectivity index (χ0n) is 16.2. The van der Waals surface area contributed by atoms with Gasteiger partial charge in [-0.1, -0.05) is 0 Å². The maximum atomic E-state index is 12.6. The Morgan fingerprint density at radius 3 is 2.90 bits per heavy atom. The lowest BCUT2D eigenvalue weighted by Crippen LogP contribution is -2.48. The van der Waals surface area contributed by atoms with Gasteiger partial charge in [-0.2, -0.15) is 0 Å². The van der Waals surface area contributed by atoms with Crippen LogP contribution < -0.4 is 19.9 Å². The lowest BCUT2D eigenvalue weighted by Gasteiger charge is -2.33. The molecule has 9 nitrogen and oxygen atoms in total. The molecule has 0 spiro atoms. The number of hydrogen-bond donors (Lipinski definition) is 1. The summed E-state index contributed by atoms with van der Waals surface area (Å²) in [4.78, 5) is 40.8. The Bertz CT molecular complexity index is 1060. The van der Waals surface area contributed by atoms with Crippen molar-refractivity contribution in [2.45, 2.75) is 12.1 Å². The van der Waals surface area contributed by atoms with Crippen LogP contribution in [0.1, 0.15) is 9.67 Å². The van der Waals surface area contributed by atoms with Crippen molar-refractivity contribution in [3.05, 3.63) is 39.0 Å². The fraction of sp³-hybridized carbons (Fsp3) is 0.350. The van der Waals surface area contributed by atoms with Crippen LogP contribution >= 0.6 is 27.3 Å². The number of rotatable bonds is 4. The lowest BCUT2D eigenvalue weighted by atomic mass is 10.1. The fourth-order valence-electron chi connectivity index (χ4n) is 3.87. The molecule has 3 amide bonds. The highest BCUT2D eigenvalue weighted by Gasteiger charge is 2.46. The Morgan fingerprint density at radius 1 is 1.26 bits per heavy atom. The minimum atomic E-state index is -0.534. The van der Waals surface area contributed by atoms with Crippen LogP contribution in [0.2, 0.25) is 0 Å². The van der Waals surface area contributed by atoms with Crippen LogP contribution in [0.15, 0.2) is 34.1 Å². The number of nitrogens with one attached hydrogen (secondary N) is 1. The number of morpholine rings is 1. The van der Waals surface area contributed by atoms with Crippen molar-refractivity contribution in [3.8, 4) is 5.75 Å². The molecule has 2 fully saturated rings. The average Bonchev–Trinajstić information content (AvgIpc) is 3.35. The standard InChI is InChI=1S/C20H18BrN3O6S/c21-17-4-3-16(31-17)19(26)22-8-15-13-9-29-14-7-11(23-5-6-28-10-18(23)25)1-2-12(14)24(13)20(27)30-15/h1-4,7,13,15H,5-6,8-10H2,(H,22,26)/t13-,15-/m0/s1. The van der Waals surface area contributed by atoms with E-state index in [-0.39, 0.29) is 37.6 Å². The molecule has 0 unspecified atom stereocenters. The second-order valence-corrected chi connectivity index (χ2v) is 9.70. The highest BCUT2D eigenvalue weighted by molar-refractivity contribution is 9.11. The maximum absolute atomic E-state index is 12.6. The quantitative estimate of drug-likeness (QED) is 0.682. The summed E-state index contributed by atoms with van der Waals surface area (Å²) in [7, 11) is 0. The number of cyclic esters (lactones) is 1. The maximum Gasteiger partial charge on any atom is 0.415 e. The van der Waals surface area contributed by atoms with Crippen molar-refractivity contribution >= 4 is 56.5 Å². The minimum absolute atomic E-state index is 0.0499. The molecule has 4 heterocycles. The van der Waals surface area contributed by atoms with E-state index in [9.17, 15) is 14.4 Å². The summed E-state index contributed by atoms with van der Waals surface area (Å²) in [5.41, 5.74) is 1.28. The largest absolute Gasteiger partial charge is 0.489 e. The molecule has 0 aliphatic carbocycles. The molecule has 0 radical (unpaired) electrons. The van der Waals surface area contributed by atoms with E-state index in [2.05, 4.69) is 21.2 Å². The number of halogens is 1. The molecule has 31 heavy (non-hydrogen) atoms. The van der Waals surface area contributed by atoms with Gasteiger partial charge in [-0.3, -0.25) is 14.5 Å². The van der Waals surface area contributed by atoms with Crippen LogP contribution in [0.25, 0.3) is 0 Å². The molecule has 2 aromatic rings. The van der Waals surface area contributed by atoms with Gasteiger partial charge in [0.25, 0.3) is 11.8 Å². The number of anilines is 2. The van der Waals surface area contributed by atoms with Gasteiger partial charge in [-0.05, 0) is 40.2 Å². The molecule has 1 aromatic carbocycles. The van der Waals surface area contributed by atoms with Gasteiger partial charge in [-0.15, -0.1) is 11.3 Å². The first-order chi connectivity index (χ1) is 15.0. The Kier molecular flexibility index (Phi) is 5.32. The van der Waals surface area contributed by atoms with Gasteiger partial charge in [-0.25, -0.2) is 4.79 Å². The molecular formula is C20H18BrN3O6S. The van der Waals surface area contributed by atoms with Gasteiger partial charge in [0.15, 0.2) is 0 Å². The third-order valence-corrected chi connectivity index (χ3v) is 7.00. The Balaban J connectivity index is 1.30. The van der Waals surface area contributed by atoms with E-state index in [4.69, 9.17) is 14.2 Å². The highest BCUT2D eigenvalue weighted by atomic mass is 79.9. The number of carbonyl (C=O) groups excluding carboxylic acids is 3. The summed E-state index contributed by atoms with van der Waals surface area (Å²) in [5.74, 6) is 0.175. The van der Waals surface area contributed by atoms with Gasteiger partial charge < -0.3 is 24.4 Å². The predicted molar refractivity (Wildman–Crippen MR) is 116 cm³/mol. The number of ether oxygens (including phenoxy) is 3. The summed E-state index contributed by atoms with van der Waals surface area (Å²) in [6.45, 7) is 1.40. The van der Waals surface area contributed by atoms with Gasteiger partial charge in [0, 0.05) is 18.3 Å². The predicted octanol–water partition coefficient (Wildman–Crippen LogP) is 2.39. The van der Waals surface area contributed by atoms with Crippen LogP contribution in [0.3, 0.4) is 0 Å². The number of amides is 3. The van der Waals surface area contributed by atoms with E-state index in [0.717, 1.165) is 3.79 Å². The molecule has 11 heteroatoms. The first kappa shape index (κ1) is 20.3. The summed E-state index contributed by atoms with van der Waals surface area (Å²) < 4.78 is 17.5. The number of hydrogen-bond acceptors (Lipinski definition) is 7. The molecule has 1 aromatic heterocycles. The van der Waals surface area contributed by atoms with Gasteiger partial charge in [0.05, 0.1) is 27.5 Å². The molecular weight excluding hydrogens is 490 g/mol. The zero-order valence-corrected chi connectivity index (χ0v) is 18.6. The van der Waals surface area contributed by atoms with E-state index >= 15 is 0 Å². The SMILES string of the molecule is O=C(NC[C@@H]1OC(=O)N2c3ccc(N4CCOCC4=O)cc3OC[C@@H]12)c1ccc(Br)s1. The summed E-state index contributed by atoms with van der Waals surface area (Å²) in [5, 5.41) is 2.82. The van der Waals surface area contributed by atoms with Crippen LogP contribution in [0.4, 0.5) is 16.2 Å². The molecule has 3 aliphatic rings. The van der Waals surface area contributed by atoms with Gasteiger partial charge >= 0.3 is 6.09 Å². The number of carbonyl (C=O) groups is 3. The monoisotopic (exact) mass is 507 g/mol. The third-order valence-electron chi connectivity index (χ3n) is 5.38. The van der Waals surface area contributed by atoms with E-state index in [1.807, 2.05) is 6.07 Å². The number of nitrogens with zero attached hydrogens (tertiary/aromatic N) is 2. The van der Waals surface area contributed by atoms with Crippen molar-refractivity contribution in [1.82, 2.24) is 5.32 Å². The van der Waals surface area contributed by atoms with E-state index in [0.29, 0.717) is 35.2 Å². The molecule has 2 atom stereocenters. The van der Waals surface area contributed by atoms with E-state index in [1.165, 1.54) is 11.3 Å². The van der Waals surface area contributed by atoms with Crippen LogP contribution in [0, 0.1) is 0 Å². The van der Waals surface area contributed by atoms with Crippen LogP contribution in [-0.4, -0.2) is 63.0 Å². The smallest absolute Gasteiger partial charge is 0.415 e. The normalized spacial score (nSPS) is 22.5. The topological polar surface area (TPSA) is 97.4 Å². The second kappa shape index (κ2) is 8.13. The van der Waals surface area contributed by atoms with Crippen molar-refractivity contribution < 1.29 is 28.6 Å². The third kappa shape index (κ3) is 3.77. The van der Waals surface area contributed by atoms with E-state index < -0.39 is 12.2 Å². The molecule has 0 saturated carbocycles. The number of fused-ring (bicyclic) bond motifs is 3. The summed E-state index contributed by atoms with van der Waals surface area (Å²) in [6.07, 6.45) is -1.02. The van der Waals surface area contributed by atoms with Crippen LogP contribution in [0.5, 0.6) is 5.75 Å². The molecule has 3 aliphatic heterocycles. The minimum Gasteiger partial charge on any atom is -0.489 e. The lowest BCUT2D eigenvalue weighted by molar-refractivity contribution is -0.125. The van der Waals surface area contributed by atoms with Gasteiger partial charge in [0.1, 0.15) is 31.1 Å². The Morgan fingerprint density at radius 2 is 2.13 bits per heavy atom. The fourth-order valence-corrected chi connectivity index (χ4v) is 5.17. The van der Waals surface area contributed by atoms with Crippen LogP contribution in [-0.2, 0) is 14.3 Å². The van der Waals surface area contributed by atoms with Crippen molar-refractivity contribution in [3.63, 3.8) is 0 Å². The molecule has 5 rings (SSSR count). The number of benzene rings is 1. The molecule has 162 valence electrons. The summed E-state index contributed by atoms with van der Waals surface area (Å²) >= 11 is 4.67. The Labute approximate surface area is 190 Å².